The van der Waals surface area contributed by atoms with Crippen LogP contribution in [0.1, 0.15) is 16.7 Å². The number of ether oxygens (including phenoxy) is 2. The first-order chi connectivity index (χ1) is 9.63. The lowest BCUT2D eigenvalue weighted by Crippen LogP contribution is -1.99. The van der Waals surface area contributed by atoms with Crippen molar-refractivity contribution in [2.24, 2.45) is 0 Å². The van der Waals surface area contributed by atoms with E-state index in [4.69, 9.17) is 32.7 Å². The van der Waals surface area contributed by atoms with Crippen LogP contribution in [0.5, 0.6) is 11.5 Å². The molecule has 0 spiro atoms. The second-order valence-electron chi connectivity index (χ2n) is 4.52. The molecule has 0 heterocycles. The molecule has 0 aliphatic carbocycles. The Bertz CT molecular complexity index is 597. The van der Waals surface area contributed by atoms with Crippen LogP contribution in [-0.2, 0) is 12.5 Å². The number of benzene rings is 2. The number of hydrogen-bond acceptors (Lipinski definition) is 2. The zero-order chi connectivity index (χ0) is 14.5. The fraction of sp³-hybridized carbons (Fsp3) is 0.250. The summed E-state index contributed by atoms with van der Waals surface area (Å²) in [7, 11) is 1.59. The summed E-state index contributed by atoms with van der Waals surface area (Å²) in [4.78, 5) is 0. The molecule has 0 amide bonds. The molecule has 106 valence electrons. The molecule has 0 unspecified atom stereocenters. The second kappa shape index (κ2) is 6.87. The van der Waals surface area contributed by atoms with E-state index in [-0.39, 0.29) is 0 Å². The Balaban J connectivity index is 2.20. The Labute approximate surface area is 129 Å². The lowest BCUT2D eigenvalue weighted by Gasteiger charge is -2.14. The van der Waals surface area contributed by atoms with Gasteiger partial charge in [0, 0.05) is 5.88 Å². The average Bonchev–Trinajstić information content (AvgIpc) is 2.45. The highest BCUT2D eigenvalue weighted by Crippen LogP contribution is 2.37. The Hall–Kier alpha value is -1.38. The van der Waals surface area contributed by atoms with Gasteiger partial charge >= 0.3 is 0 Å². The Morgan fingerprint density at radius 1 is 1.10 bits per heavy atom. The lowest BCUT2D eigenvalue weighted by molar-refractivity contribution is 0.284. The van der Waals surface area contributed by atoms with E-state index in [1.807, 2.05) is 31.2 Å². The predicted molar refractivity (Wildman–Crippen MR) is 83.1 cm³/mol. The van der Waals surface area contributed by atoms with Gasteiger partial charge in [-0.05, 0) is 30.2 Å². The fourth-order valence-electron chi connectivity index (χ4n) is 1.95. The summed E-state index contributed by atoms with van der Waals surface area (Å²) in [5, 5.41) is 0.507. The van der Waals surface area contributed by atoms with Crippen molar-refractivity contribution < 1.29 is 9.47 Å². The summed E-state index contributed by atoms with van der Waals surface area (Å²) in [5.41, 5.74) is 3.18. The van der Waals surface area contributed by atoms with Crippen molar-refractivity contribution in [3.05, 3.63) is 58.1 Å². The number of halogens is 2. The molecular formula is C16H16Cl2O2. The van der Waals surface area contributed by atoms with Crippen molar-refractivity contribution >= 4 is 23.2 Å². The van der Waals surface area contributed by atoms with Gasteiger partial charge < -0.3 is 9.47 Å². The molecule has 2 nitrogen and oxygen atoms in total. The summed E-state index contributed by atoms with van der Waals surface area (Å²) in [6.45, 7) is 2.49. The Kier molecular flexibility index (Phi) is 5.16. The molecule has 4 heteroatoms. The van der Waals surface area contributed by atoms with Gasteiger partial charge in [0.05, 0.1) is 12.1 Å². The van der Waals surface area contributed by atoms with Gasteiger partial charge in [0.25, 0.3) is 0 Å². The first-order valence-electron chi connectivity index (χ1n) is 6.24. The normalized spacial score (nSPS) is 10.4. The number of rotatable bonds is 5. The van der Waals surface area contributed by atoms with Crippen molar-refractivity contribution in [1.82, 2.24) is 0 Å². The Morgan fingerprint density at radius 2 is 1.90 bits per heavy atom. The van der Waals surface area contributed by atoms with Gasteiger partial charge in [-0.3, -0.25) is 0 Å². The van der Waals surface area contributed by atoms with Crippen molar-refractivity contribution in [2.45, 2.75) is 19.4 Å². The van der Waals surface area contributed by atoms with E-state index in [0.29, 0.717) is 29.0 Å². The minimum atomic E-state index is 0.383. The molecule has 0 aliphatic heterocycles. The van der Waals surface area contributed by atoms with Crippen LogP contribution in [0.15, 0.2) is 36.4 Å². The molecule has 0 fully saturated rings. The van der Waals surface area contributed by atoms with Crippen LogP contribution in [0, 0.1) is 6.92 Å². The van der Waals surface area contributed by atoms with Crippen molar-refractivity contribution in [1.29, 1.82) is 0 Å². The standard InChI is InChI=1S/C16H16Cl2O2/c1-11-4-3-5-12(6-11)10-20-16-14(18)7-13(9-17)8-15(16)19-2/h3-8H,9-10H2,1-2H3. The predicted octanol–water partition coefficient (Wildman–Crippen LogP) is 4.97. The highest BCUT2D eigenvalue weighted by molar-refractivity contribution is 6.32. The molecule has 0 saturated heterocycles. The first-order valence-corrected chi connectivity index (χ1v) is 7.16. The van der Waals surface area contributed by atoms with E-state index >= 15 is 0 Å². The molecular weight excluding hydrogens is 295 g/mol. The smallest absolute Gasteiger partial charge is 0.180 e. The van der Waals surface area contributed by atoms with Gasteiger partial charge in [0.1, 0.15) is 6.61 Å². The summed E-state index contributed by atoms with van der Waals surface area (Å²) < 4.78 is 11.1. The quantitative estimate of drug-likeness (QED) is 0.725. The maximum Gasteiger partial charge on any atom is 0.180 e. The topological polar surface area (TPSA) is 18.5 Å². The summed E-state index contributed by atoms with van der Waals surface area (Å²) in [6, 6.07) is 11.8. The third-order valence-electron chi connectivity index (χ3n) is 2.91. The van der Waals surface area contributed by atoms with Gasteiger partial charge in [0.2, 0.25) is 0 Å². The lowest BCUT2D eigenvalue weighted by atomic mass is 10.1. The van der Waals surface area contributed by atoms with Crippen molar-refractivity contribution in [2.75, 3.05) is 7.11 Å². The van der Waals surface area contributed by atoms with Crippen LogP contribution in [0.4, 0.5) is 0 Å². The summed E-state index contributed by atoms with van der Waals surface area (Å²) >= 11 is 12.0. The van der Waals surface area contributed by atoms with Crippen LogP contribution in [-0.4, -0.2) is 7.11 Å². The molecule has 0 aliphatic rings. The van der Waals surface area contributed by atoms with E-state index in [9.17, 15) is 0 Å². The first kappa shape index (κ1) is 15.0. The SMILES string of the molecule is COc1cc(CCl)cc(Cl)c1OCc1cccc(C)c1. The maximum absolute atomic E-state index is 6.23. The van der Waals surface area contributed by atoms with Crippen molar-refractivity contribution in [3.8, 4) is 11.5 Å². The van der Waals surface area contributed by atoms with E-state index in [0.717, 1.165) is 11.1 Å². The second-order valence-corrected chi connectivity index (χ2v) is 5.19. The van der Waals surface area contributed by atoms with Crippen LogP contribution in [0.25, 0.3) is 0 Å². The zero-order valence-electron chi connectivity index (χ0n) is 11.5. The van der Waals surface area contributed by atoms with Gasteiger partial charge in [-0.2, -0.15) is 0 Å². The number of methoxy groups -OCH3 is 1. The Morgan fingerprint density at radius 3 is 2.55 bits per heavy atom. The number of hydrogen-bond donors (Lipinski definition) is 0. The van der Waals surface area contributed by atoms with Gasteiger partial charge in [-0.1, -0.05) is 41.4 Å². The number of alkyl halides is 1. The fourth-order valence-corrected chi connectivity index (χ4v) is 2.39. The summed E-state index contributed by atoms with van der Waals surface area (Å²) in [6.07, 6.45) is 0. The van der Waals surface area contributed by atoms with E-state index in [1.165, 1.54) is 5.56 Å². The summed E-state index contributed by atoms with van der Waals surface area (Å²) in [5.74, 6) is 1.53. The van der Waals surface area contributed by atoms with Crippen LogP contribution in [0.2, 0.25) is 5.02 Å². The largest absolute Gasteiger partial charge is 0.493 e. The molecule has 2 aromatic carbocycles. The van der Waals surface area contributed by atoms with Crippen LogP contribution in [0.3, 0.4) is 0 Å². The molecule has 0 atom stereocenters. The molecule has 0 aromatic heterocycles. The molecule has 2 aromatic rings. The average molecular weight is 311 g/mol. The van der Waals surface area contributed by atoms with E-state index in [1.54, 1.807) is 13.2 Å². The zero-order valence-corrected chi connectivity index (χ0v) is 13.0. The third-order valence-corrected chi connectivity index (χ3v) is 3.50. The molecule has 0 radical (unpaired) electrons. The molecule has 0 N–H and O–H groups in total. The highest BCUT2D eigenvalue weighted by atomic mass is 35.5. The molecule has 0 bridgehead atoms. The third kappa shape index (κ3) is 3.59. The minimum Gasteiger partial charge on any atom is -0.493 e. The van der Waals surface area contributed by atoms with Crippen LogP contribution < -0.4 is 9.47 Å². The monoisotopic (exact) mass is 310 g/mol. The molecule has 20 heavy (non-hydrogen) atoms. The van der Waals surface area contributed by atoms with E-state index in [2.05, 4.69) is 6.07 Å². The van der Waals surface area contributed by atoms with E-state index < -0.39 is 0 Å². The van der Waals surface area contributed by atoms with Crippen LogP contribution >= 0.6 is 23.2 Å². The van der Waals surface area contributed by atoms with Gasteiger partial charge in [-0.15, -0.1) is 11.6 Å². The molecule has 2 rings (SSSR count). The van der Waals surface area contributed by atoms with Crippen molar-refractivity contribution in [3.63, 3.8) is 0 Å². The van der Waals surface area contributed by atoms with Gasteiger partial charge in [0.15, 0.2) is 11.5 Å². The minimum absolute atomic E-state index is 0.383. The van der Waals surface area contributed by atoms with Gasteiger partial charge in [-0.25, -0.2) is 0 Å². The molecule has 0 saturated carbocycles. The maximum atomic E-state index is 6.23. The number of aryl methyl sites for hydroxylation is 1. The highest BCUT2D eigenvalue weighted by Gasteiger charge is 2.12.